The average Bonchev–Trinajstić information content (AvgIpc) is 2.82. The number of rotatable bonds is 3. The molecular weight excluding hydrogens is 252 g/mol. The number of fused-ring (bicyclic) bond motifs is 1. The topological polar surface area (TPSA) is 64.3 Å². The number of carbonyl (C=O) groups is 1. The summed E-state index contributed by atoms with van der Waals surface area (Å²) in [4.78, 5) is 12.1. The van der Waals surface area contributed by atoms with Crippen molar-refractivity contribution in [2.24, 2.45) is 0 Å². The zero-order valence-corrected chi connectivity index (χ0v) is 11.7. The first kappa shape index (κ1) is 13.4. The van der Waals surface area contributed by atoms with E-state index in [0.29, 0.717) is 6.42 Å². The maximum Gasteiger partial charge on any atom is 0.223 e. The summed E-state index contributed by atoms with van der Waals surface area (Å²) in [6.07, 6.45) is 5.85. The van der Waals surface area contributed by atoms with Crippen molar-refractivity contribution in [3.05, 3.63) is 29.3 Å². The number of amides is 1. The zero-order chi connectivity index (χ0) is 13.9. The van der Waals surface area contributed by atoms with Gasteiger partial charge in [-0.3, -0.25) is 4.79 Å². The Morgan fingerprint density at radius 3 is 3.05 bits per heavy atom. The molecule has 108 valence electrons. The molecular formula is C16H22N2O2. The minimum Gasteiger partial charge on any atom is -0.399 e. The molecule has 1 saturated heterocycles. The summed E-state index contributed by atoms with van der Waals surface area (Å²) in [5.74, 6) is 0.103. The van der Waals surface area contributed by atoms with E-state index in [9.17, 15) is 4.79 Å². The molecule has 2 unspecified atom stereocenters. The lowest BCUT2D eigenvalue weighted by Crippen LogP contribution is -2.32. The van der Waals surface area contributed by atoms with Crippen molar-refractivity contribution in [1.82, 2.24) is 5.32 Å². The number of nitrogens with one attached hydrogen (secondary N) is 1. The highest BCUT2D eigenvalue weighted by Gasteiger charge is 2.25. The highest BCUT2D eigenvalue weighted by atomic mass is 16.5. The molecule has 1 amide bonds. The molecule has 0 saturated carbocycles. The number of aryl methyl sites for hydroxylation is 1. The molecule has 1 heterocycles. The average molecular weight is 274 g/mol. The van der Waals surface area contributed by atoms with Crippen molar-refractivity contribution in [2.75, 3.05) is 12.3 Å². The highest BCUT2D eigenvalue weighted by Crippen LogP contribution is 2.32. The van der Waals surface area contributed by atoms with E-state index >= 15 is 0 Å². The van der Waals surface area contributed by atoms with E-state index in [2.05, 4.69) is 5.32 Å². The van der Waals surface area contributed by atoms with Gasteiger partial charge in [0.05, 0.1) is 18.6 Å². The summed E-state index contributed by atoms with van der Waals surface area (Å²) in [5.41, 5.74) is 9.08. The van der Waals surface area contributed by atoms with Crippen LogP contribution in [0.15, 0.2) is 18.2 Å². The molecule has 0 bridgehead atoms. The Labute approximate surface area is 119 Å². The van der Waals surface area contributed by atoms with Crippen LogP contribution in [0.3, 0.4) is 0 Å². The van der Waals surface area contributed by atoms with Crippen LogP contribution in [0, 0.1) is 0 Å². The summed E-state index contributed by atoms with van der Waals surface area (Å²) in [6, 6.07) is 6.11. The van der Waals surface area contributed by atoms with Crippen LogP contribution >= 0.6 is 0 Å². The molecule has 1 aliphatic carbocycles. The zero-order valence-electron chi connectivity index (χ0n) is 11.7. The van der Waals surface area contributed by atoms with Gasteiger partial charge in [-0.1, -0.05) is 6.07 Å². The van der Waals surface area contributed by atoms with Gasteiger partial charge in [-0.2, -0.15) is 0 Å². The molecule has 1 aromatic carbocycles. The van der Waals surface area contributed by atoms with Crippen molar-refractivity contribution in [1.29, 1.82) is 0 Å². The molecule has 0 spiro atoms. The van der Waals surface area contributed by atoms with Crippen LogP contribution in [-0.4, -0.2) is 18.6 Å². The number of benzene rings is 1. The van der Waals surface area contributed by atoms with Gasteiger partial charge in [0.2, 0.25) is 5.91 Å². The van der Waals surface area contributed by atoms with Crippen molar-refractivity contribution >= 4 is 11.6 Å². The molecule has 2 atom stereocenters. The lowest BCUT2D eigenvalue weighted by molar-refractivity contribution is -0.125. The van der Waals surface area contributed by atoms with Crippen molar-refractivity contribution in [3.8, 4) is 0 Å². The molecule has 3 N–H and O–H groups in total. The third kappa shape index (κ3) is 2.96. The highest BCUT2D eigenvalue weighted by molar-refractivity contribution is 5.77. The quantitative estimate of drug-likeness (QED) is 0.831. The standard InChI is InChI=1S/C16H22N2O2/c17-12-5-6-14-11(9-12)4-7-15(14)18-16(19)10-13-3-1-2-8-20-13/h5-6,9,13,15H,1-4,7-8,10,17H2,(H,18,19). The number of carbonyl (C=O) groups excluding carboxylic acids is 1. The van der Waals surface area contributed by atoms with Gasteiger partial charge in [-0.15, -0.1) is 0 Å². The Morgan fingerprint density at radius 2 is 2.25 bits per heavy atom. The van der Waals surface area contributed by atoms with Crippen LogP contribution < -0.4 is 11.1 Å². The summed E-state index contributed by atoms with van der Waals surface area (Å²) >= 11 is 0. The van der Waals surface area contributed by atoms with Gasteiger partial charge < -0.3 is 15.8 Å². The lowest BCUT2D eigenvalue weighted by Gasteiger charge is -2.23. The van der Waals surface area contributed by atoms with Gasteiger partial charge in [0.1, 0.15) is 0 Å². The summed E-state index contributed by atoms with van der Waals surface area (Å²) < 4.78 is 5.62. The molecule has 3 rings (SSSR count). The number of nitrogens with two attached hydrogens (primary N) is 1. The molecule has 1 fully saturated rings. The van der Waals surface area contributed by atoms with E-state index in [1.165, 1.54) is 17.5 Å². The smallest absolute Gasteiger partial charge is 0.223 e. The first-order chi connectivity index (χ1) is 9.72. The molecule has 1 aromatic rings. The second-order valence-electron chi connectivity index (χ2n) is 5.81. The largest absolute Gasteiger partial charge is 0.399 e. The summed E-state index contributed by atoms with van der Waals surface area (Å²) in [7, 11) is 0. The predicted molar refractivity (Wildman–Crippen MR) is 78.3 cm³/mol. The number of ether oxygens (including phenoxy) is 1. The van der Waals surface area contributed by atoms with Crippen LogP contribution in [0.2, 0.25) is 0 Å². The van der Waals surface area contributed by atoms with E-state index < -0.39 is 0 Å². The molecule has 1 aliphatic heterocycles. The Kier molecular flexibility index (Phi) is 3.92. The van der Waals surface area contributed by atoms with Crippen molar-refractivity contribution in [3.63, 3.8) is 0 Å². The van der Waals surface area contributed by atoms with Gasteiger partial charge in [0, 0.05) is 12.3 Å². The lowest BCUT2D eigenvalue weighted by atomic mass is 10.0. The van der Waals surface area contributed by atoms with Crippen LogP contribution in [0.1, 0.15) is 49.3 Å². The minimum atomic E-state index is 0.103. The van der Waals surface area contributed by atoms with Gasteiger partial charge in [0.25, 0.3) is 0 Å². The predicted octanol–water partition coefficient (Wildman–Crippen LogP) is 2.33. The van der Waals surface area contributed by atoms with Gasteiger partial charge in [-0.05, 0) is 55.4 Å². The SMILES string of the molecule is Nc1ccc2c(c1)CCC2NC(=O)CC1CCCCO1. The Balaban J connectivity index is 1.58. The molecule has 20 heavy (non-hydrogen) atoms. The van der Waals surface area contributed by atoms with Crippen molar-refractivity contribution < 1.29 is 9.53 Å². The molecule has 0 aromatic heterocycles. The normalized spacial score (nSPS) is 25.2. The molecule has 0 radical (unpaired) electrons. The van der Waals surface area contributed by atoms with E-state index in [0.717, 1.165) is 38.0 Å². The second-order valence-corrected chi connectivity index (χ2v) is 5.81. The summed E-state index contributed by atoms with van der Waals surface area (Å²) in [5, 5.41) is 3.14. The third-order valence-electron chi connectivity index (χ3n) is 4.27. The second kappa shape index (κ2) is 5.83. The fourth-order valence-electron chi connectivity index (χ4n) is 3.22. The Morgan fingerprint density at radius 1 is 1.35 bits per heavy atom. The maximum atomic E-state index is 12.1. The fourth-order valence-corrected chi connectivity index (χ4v) is 3.22. The molecule has 4 heteroatoms. The molecule has 2 aliphatic rings. The van der Waals surface area contributed by atoms with Crippen LogP contribution in [-0.2, 0) is 16.0 Å². The number of hydrogen-bond donors (Lipinski definition) is 2. The van der Waals surface area contributed by atoms with Gasteiger partial charge in [0.15, 0.2) is 0 Å². The van der Waals surface area contributed by atoms with Gasteiger partial charge in [-0.25, -0.2) is 0 Å². The fraction of sp³-hybridized carbons (Fsp3) is 0.562. The first-order valence-corrected chi connectivity index (χ1v) is 7.51. The van der Waals surface area contributed by atoms with Crippen LogP contribution in [0.25, 0.3) is 0 Å². The number of anilines is 1. The summed E-state index contributed by atoms with van der Waals surface area (Å²) in [6.45, 7) is 0.795. The number of hydrogen-bond acceptors (Lipinski definition) is 3. The van der Waals surface area contributed by atoms with Gasteiger partial charge >= 0.3 is 0 Å². The van der Waals surface area contributed by atoms with E-state index in [1.54, 1.807) is 0 Å². The van der Waals surface area contributed by atoms with Crippen LogP contribution in [0.5, 0.6) is 0 Å². The minimum absolute atomic E-state index is 0.103. The van der Waals surface area contributed by atoms with E-state index in [1.807, 2.05) is 18.2 Å². The van der Waals surface area contributed by atoms with E-state index in [4.69, 9.17) is 10.5 Å². The number of nitrogen functional groups attached to an aromatic ring is 1. The Hall–Kier alpha value is -1.55. The molecule has 4 nitrogen and oxygen atoms in total. The third-order valence-corrected chi connectivity index (χ3v) is 4.27. The van der Waals surface area contributed by atoms with E-state index in [-0.39, 0.29) is 18.1 Å². The van der Waals surface area contributed by atoms with Crippen molar-refractivity contribution in [2.45, 2.75) is 50.7 Å². The Bertz CT molecular complexity index is 495. The first-order valence-electron chi connectivity index (χ1n) is 7.51. The monoisotopic (exact) mass is 274 g/mol. The maximum absolute atomic E-state index is 12.1. The van der Waals surface area contributed by atoms with Crippen LogP contribution in [0.4, 0.5) is 5.69 Å².